The van der Waals surface area contributed by atoms with Crippen LogP contribution < -0.4 is 10.5 Å². The summed E-state index contributed by atoms with van der Waals surface area (Å²) in [7, 11) is 0. The molecule has 0 aliphatic carbocycles. The Kier molecular flexibility index (Phi) is 7.67. The number of ether oxygens (including phenoxy) is 1. The van der Waals surface area contributed by atoms with Crippen molar-refractivity contribution in [3.8, 4) is 5.88 Å². The topological polar surface area (TPSA) is 69.6 Å². The fourth-order valence-electron chi connectivity index (χ4n) is 3.48. The van der Waals surface area contributed by atoms with E-state index in [1.165, 1.54) is 22.7 Å². The van der Waals surface area contributed by atoms with Gasteiger partial charge in [-0.2, -0.15) is 16.9 Å². The molecule has 1 aromatic carbocycles. The number of hydrogen-bond donors (Lipinski definition) is 1. The lowest BCUT2D eigenvalue weighted by Gasteiger charge is -2.11. The Labute approximate surface area is 185 Å². The van der Waals surface area contributed by atoms with Crippen LogP contribution in [0.2, 0.25) is 0 Å². The number of hydrogen-bond acceptors (Lipinski definition) is 5. The van der Waals surface area contributed by atoms with Gasteiger partial charge in [0.15, 0.2) is 5.78 Å². The molecule has 166 valence electrons. The number of aromatic nitrogens is 2. The molecule has 2 heterocycles. The highest BCUT2D eigenvalue weighted by Crippen LogP contribution is 2.26. The second kappa shape index (κ2) is 10.2. The molecule has 0 aliphatic rings. The van der Waals surface area contributed by atoms with Crippen LogP contribution >= 0.6 is 11.8 Å². The van der Waals surface area contributed by atoms with E-state index >= 15 is 0 Å². The molecule has 0 spiro atoms. The summed E-state index contributed by atoms with van der Waals surface area (Å²) in [5.74, 6) is -0.0862. The Hall–Kier alpha value is -2.45. The number of nitrogens with two attached hydrogens (primary N) is 1. The Bertz CT molecular complexity index is 1060. The summed E-state index contributed by atoms with van der Waals surface area (Å²) >= 11 is 1.74. The molecule has 2 N–H and O–H groups in total. The largest absolute Gasteiger partial charge is 0.473 e. The third-order valence-electron chi connectivity index (χ3n) is 5.16. The molecule has 0 aliphatic heterocycles. The SMILES string of the molecule is CSCCC(N)CCC(=O)c1c(C)nn2c(OCc3c(F)cccc3F)cc(C)cc12. The molecule has 5 nitrogen and oxygen atoms in total. The van der Waals surface area contributed by atoms with E-state index in [4.69, 9.17) is 10.5 Å². The molecule has 0 bridgehead atoms. The molecule has 2 aromatic heterocycles. The lowest BCUT2D eigenvalue weighted by Crippen LogP contribution is -2.22. The lowest BCUT2D eigenvalue weighted by atomic mass is 10.0. The first kappa shape index (κ1) is 23.2. The van der Waals surface area contributed by atoms with Gasteiger partial charge in [0.1, 0.15) is 18.2 Å². The quantitative estimate of drug-likeness (QED) is 0.450. The van der Waals surface area contributed by atoms with E-state index in [9.17, 15) is 13.6 Å². The number of pyridine rings is 1. The zero-order valence-corrected chi connectivity index (χ0v) is 18.8. The first-order valence-corrected chi connectivity index (χ1v) is 11.5. The highest BCUT2D eigenvalue weighted by Gasteiger charge is 2.20. The van der Waals surface area contributed by atoms with E-state index in [1.54, 1.807) is 24.8 Å². The molecule has 0 amide bonds. The number of carbonyl (C=O) groups is 1. The maximum Gasteiger partial charge on any atom is 0.215 e. The molecular weight excluding hydrogens is 420 g/mol. The van der Waals surface area contributed by atoms with Crippen LogP contribution in [0.1, 0.15) is 46.4 Å². The normalized spacial score (nSPS) is 12.3. The fraction of sp³-hybridized carbons (Fsp3) is 0.391. The molecule has 0 radical (unpaired) electrons. The highest BCUT2D eigenvalue weighted by molar-refractivity contribution is 7.98. The van der Waals surface area contributed by atoms with Crippen molar-refractivity contribution >= 4 is 23.1 Å². The van der Waals surface area contributed by atoms with Gasteiger partial charge in [-0.05, 0) is 62.5 Å². The molecular formula is C23H27F2N3O2S. The molecule has 0 saturated carbocycles. The summed E-state index contributed by atoms with van der Waals surface area (Å²) in [6, 6.07) is 7.25. The third-order valence-corrected chi connectivity index (χ3v) is 5.80. The monoisotopic (exact) mass is 447 g/mol. The molecule has 1 atom stereocenters. The smallest absolute Gasteiger partial charge is 0.215 e. The maximum absolute atomic E-state index is 13.9. The lowest BCUT2D eigenvalue weighted by molar-refractivity contribution is 0.0978. The third kappa shape index (κ3) is 5.43. The van der Waals surface area contributed by atoms with Gasteiger partial charge in [0, 0.05) is 18.5 Å². The van der Waals surface area contributed by atoms with Gasteiger partial charge in [-0.1, -0.05) is 6.07 Å². The first-order chi connectivity index (χ1) is 14.8. The number of aryl methyl sites for hydroxylation is 2. The van der Waals surface area contributed by atoms with Crippen molar-refractivity contribution in [3.05, 3.63) is 64.4 Å². The molecule has 31 heavy (non-hydrogen) atoms. The van der Waals surface area contributed by atoms with Crippen molar-refractivity contribution in [1.29, 1.82) is 0 Å². The van der Waals surface area contributed by atoms with Crippen LogP contribution in [0.3, 0.4) is 0 Å². The van der Waals surface area contributed by atoms with Crippen LogP contribution in [0.25, 0.3) is 5.52 Å². The number of thioether (sulfide) groups is 1. The summed E-state index contributed by atoms with van der Waals surface area (Å²) < 4.78 is 35.1. The summed E-state index contributed by atoms with van der Waals surface area (Å²) in [4.78, 5) is 13.0. The number of Topliss-reactive ketones (excluding diaryl/α,β-unsaturated/α-hetero) is 1. The van der Waals surface area contributed by atoms with Crippen LogP contribution in [0.4, 0.5) is 8.78 Å². The number of halogens is 2. The Morgan fingerprint density at radius 1 is 1.23 bits per heavy atom. The van der Waals surface area contributed by atoms with Gasteiger partial charge in [0.2, 0.25) is 5.88 Å². The van der Waals surface area contributed by atoms with Gasteiger partial charge in [-0.15, -0.1) is 0 Å². The van der Waals surface area contributed by atoms with Gasteiger partial charge in [0.05, 0.1) is 22.3 Å². The van der Waals surface area contributed by atoms with Crippen molar-refractivity contribution in [2.75, 3.05) is 12.0 Å². The van der Waals surface area contributed by atoms with Crippen LogP contribution in [-0.4, -0.2) is 33.4 Å². The van der Waals surface area contributed by atoms with Crippen molar-refractivity contribution in [1.82, 2.24) is 9.61 Å². The summed E-state index contributed by atoms with van der Waals surface area (Å²) in [5, 5.41) is 4.46. The minimum absolute atomic E-state index is 0.0187. The molecule has 3 rings (SSSR count). The van der Waals surface area contributed by atoms with E-state index in [2.05, 4.69) is 5.10 Å². The van der Waals surface area contributed by atoms with Gasteiger partial charge in [0.25, 0.3) is 0 Å². The average molecular weight is 448 g/mol. The minimum atomic E-state index is -0.672. The van der Waals surface area contributed by atoms with E-state index in [0.717, 1.165) is 17.7 Å². The predicted molar refractivity (Wildman–Crippen MR) is 120 cm³/mol. The van der Waals surface area contributed by atoms with E-state index in [0.29, 0.717) is 35.5 Å². The second-order valence-electron chi connectivity index (χ2n) is 7.62. The van der Waals surface area contributed by atoms with Crippen molar-refractivity contribution in [2.45, 2.75) is 45.8 Å². The van der Waals surface area contributed by atoms with Crippen molar-refractivity contribution in [3.63, 3.8) is 0 Å². The Morgan fingerprint density at radius 2 is 1.94 bits per heavy atom. The maximum atomic E-state index is 13.9. The van der Waals surface area contributed by atoms with E-state index < -0.39 is 11.6 Å². The number of ketones is 1. The van der Waals surface area contributed by atoms with E-state index in [-0.39, 0.29) is 24.0 Å². The van der Waals surface area contributed by atoms with Crippen LogP contribution in [0.15, 0.2) is 30.3 Å². The molecule has 0 fully saturated rings. The van der Waals surface area contributed by atoms with E-state index in [1.807, 2.05) is 19.2 Å². The number of fused-ring (bicyclic) bond motifs is 1. The zero-order chi connectivity index (χ0) is 22.5. The second-order valence-corrected chi connectivity index (χ2v) is 8.61. The van der Waals surface area contributed by atoms with Gasteiger partial charge < -0.3 is 10.5 Å². The average Bonchev–Trinajstić information content (AvgIpc) is 3.05. The standard InChI is InChI=1S/C23H27F2N3O2S/c1-14-11-20-23(21(29)8-7-16(26)9-10-31-3)15(2)27-28(20)22(12-14)30-13-17-18(24)5-4-6-19(17)25/h4-6,11-12,16H,7-10,13,26H2,1-3H3. The number of nitrogens with zero attached hydrogens (tertiary/aromatic N) is 2. The van der Waals surface area contributed by atoms with Gasteiger partial charge in [-0.3, -0.25) is 4.79 Å². The molecule has 1 unspecified atom stereocenters. The number of benzene rings is 1. The van der Waals surface area contributed by atoms with Crippen molar-refractivity contribution < 1.29 is 18.3 Å². The van der Waals surface area contributed by atoms with Crippen LogP contribution in [0, 0.1) is 25.5 Å². The van der Waals surface area contributed by atoms with Gasteiger partial charge in [-0.25, -0.2) is 13.3 Å². The molecule has 0 saturated heterocycles. The predicted octanol–water partition coefficient (Wildman–Crippen LogP) is 4.85. The number of rotatable bonds is 10. The summed E-state index contributed by atoms with van der Waals surface area (Å²) in [6.45, 7) is 3.35. The highest BCUT2D eigenvalue weighted by atomic mass is 32.2. The fourth-order valence-corrected chi connectivity index (χ4v) is 4.02. The molecule has 3 aromatic rings. The minimum Gasteiger partial charge on any atom is -0.473 e. The molecule has 8 heteroatoms. The Balaban J connectivity index is 1.85. The first-order valence-electron chi connectivity index (χ1n) is 10.1. The van der Waals surface area contributed by atoms with Gasteiger partial charge >= 0.3 is 0 Å². The van der Waals surface area contributed by atoms with Crippen molar-refractivity contribution in [2.24, 2.45) is 5.73 Å². The Morgan fingerprint density at radius 3 is 2.61 bits per heavy atom. The zero-order valence-electron chi connectivity index (χ0n) is 18.0. The number of carbonyl (C=O) groups excluding carboxylic acids is 1. The summed E-state index contributed by atoms with van der Waals surface area (Å²) in [5.41, 5.74) is 8.53. The van der Waals surface area contributed by atoms with Crippen LogP contribution in [-0.2, 0) is 6.61 Å². The van der Waals surface area contributed by atoms with Crippen LogP contribution in [0.5, 0.6) is 5.88 Å². The summed E-state index contributed by atoms with van der Waals surface area (Å²) in [6.07, 6.45) is 3.84.